The van der Waals surface area contributed by atoms with Gasteiger partial charge in [0, 0.05) is 26.2 Å². The first-order chi connectivity index (χ1) is 9.19. The van der Waals surface area contributed by atoms with E-state index in [9.17, 15) is 0 Å². The van der Waals surface area contributed by atoms with Gasteiger partial charge in [-0.05, 0) is 17.7 Å². The molecule has 19 heavy (non-hydrogen) atoms. The van der Waals surface area contributed by atoms with Crippen molar-refractivity contribution in [1.29, 1.82) is 0 Å². The summed E-state index contributed by atoms with van der Waals surface area (Å²) in [7, 11) is 5.24. The van der Waals surface area contributed by atoms with E-state index in [1.807, 2.05) is 36.0 Å². The zero-order chi connectivity index (χ0) is 13.8. The first-order valence-electron chi connectivity index (χ1n) is 6.10. The summed E-state index contributed by atoms with van der Waals surface area (Å²) in [4.78, 5) is 4.39. The van der Waals surface area contributed by atoms with Crippen LogP contribution in [0, 0.1) is 0 Å². The van der Waals surface area contributed by atoms with Crippen LogP contribution in [0.15, 0.2) is 24.4 Å². The minimum Gasteiger partial charge on any atom is -0.493 e. The Kier molecular flexibility index (Phi) is 4.06. The lowest BCUT2D eigenvalue weighted by molar-refractivity contribution is 0.354. The molecule has 0 unspecified atom stereocenters. The van der Waals surface area contributed by atoms with Gasteiger partial charge in [0.25, 0.3) is 0 Å². The maximum atomic E-state index is 5.64. The van der Waals surface area contributed by atoms with Crippen LogP contribution in [-0.2, 0) is 20.0 Å². The predicted molar refractivity (Wildman–Crippen MR) is 73.5 cm³/mol. The Labute approximate surface area is 113 Å². The van der Waals surface area contributed by atoms with Crippen LogP contribution in [0.1, 0.15) is 17.1 Å². The molecule has 0 saturated heterocycles. The van der Waals surface area contributed by atoms with Crippen molar-refractivity contribution in [2.75, 3.05) is 14.2 Å². The summed E-state index contributed by atoms with van der Waals surface area (Å²) in [6, 6.07) is 5.88. The van der Waals surface area contributed by atoms with E-state index in [0.717, 1.165) is 35.0 Å². The van der Waals surface area contributed by atoms with E-state index in [2.05, 4.69) is 4.98 Å². The van der Waals surface area contributed by atoms with Crippen LogP contribution >= 0.6 is 0 Å². The van der Waals surface area contributed by atoms with Crippen molar-refractivity contribution in [3.63, 3.8) is 0 Å². The topological polar surface area (TPSA) is 62.3 Å². The highest BCUT2D eigenvalue weighted by Crippen LogP contribution is 2.28. The van der Waals surface area contributed by atoms with E-state index in [1.54, 1.807) is 14.2 Å². The normalized spacial score (nSPS) is 10.5. The molecule has 0 amide bonds. The van der Waals surface area contributed by atoms with E-state index >= 15 is 0 Å². The molecule has 5 nitrogen and oxygen atoms in total. The van der Waals surface area contributed by atoms with Gasteiger partial charge >= 0.3 is 0 Å². The van der Waals surface area contributed by atoms with Crippen molar-refractivity contribution < 1.29 is 9.47 Å². The number of rotatable bonds is 5. The highest BCUT2D eigenvalue weighted by molar-refractivity contribution is 5.43. The van der Waals surface area contributed by atoms with E-state index in [-0.39, 0.29) is 0 Å². The summed E-state index contributed by atoms with van der Waals surface area (Å²) in [5, 5.41) is 0. The zero-order valence-electron chi connectivity index (χ0n) is 11.5. The average molecular weight is 261 g/mol. The van der Waals surface area contributed by atoms with E-state index < -0.39 is 0 Å². The first-order valence-corrected chi connectivity index (χ1v) is 6.10. The fraction of sp³-hybridized carbons (Fsp3) is 0.357. The molecule has 2 N–H and O–H groups in total. The molecule has 0 aliphatic carbocycles. The number of aromatic nitrogens is 2. The third kappa shape index (κ3) is 2.71. The second-order valence-electron chi connectivity index (χ2n) is 4.30. The summed E-state index contributed by atoms with van der Waals surface area (Å²) in [6.07, 6.45) is 2.55. The molecule has 0 spiro atoms. The van der Waals surface area contributed by atoms with Crippen molar-refractivity contribution >= 4 is 0 Å². The van der Waals surface area contributed by atoms with Crippen molar-refractivity contribution in [3.05, 3.63) is 41.5 Å². The largest absolute Gasteiger partial charge is 0.493 e. The van der Waals surface area contributed by atoms with E-state index in [0.29, 0.717) is 6.54 Å². The van der Waals surface area contributed by atoms with Crippen LogP contribution in [0.4, 0.5) is 0 Å². The number of benzene rings is 1. The third-order valence-electron chi connectivity index (χ3n) is 3.20. The Balaban J connectivity index is 2.25. The van der Waals surface area contributed by atoms with Gasteiger partial charge in [-0.15, -0.1) is 0 Å². The fourth-order valence-corrected chi connectivity index (χ4v) is 2.02. The standard InChI is InChI=1S/C14H19N3O2/c1-17-11(8-15)9-16-14(17)7-10-4-5-12(18-2)13(6-10)19-3/h4-6,9H,7-8,15H2,1-3H3. The lowest BCUT2D eigenvalue weighted by Crippen LogP contribution is -2.06. The third-order valence-corrected chi connectivity index (χ3v) is 3.20. The molecular formula is C14H19N3O2. The van der Waals surface area contributed by atoms with Crippen LogP contribution in [0.25, 0.3) is 0 Å². The van der Waals surface area contributed by atoms with Gasteiger partial charge in [0.1, 0.15) is 5.82 Å². The van der Waals surface area contributed by atoms with Crippen LogP contribution in [-0.4, -0.2) is 23.8 Å². The Bertz CT molecular complexity index is 564. The lowest BCUT2D eigenvalue weighted by atomic mass is 10.1. The maximum absolute atomic E-state index is 5.64. The molecule has 1 heterocycles. The SMILES string of the molecule is COc1ccc(Cc2ncc(CN)n2C)cc1OC. The Morgan fingerprint density at radius 2 is 1.95 bits per heavy atom. The van der Waals surface area contributed by atoms with Gasteiger partial charge < -0.3 is 19.8 Å². The molecule has 0 aliphatic rings. The molecule has 2 aromatic rings. The molecule has 102 valence electrons. The molecule has 0 saturated carbocycles. The predicted octanol–water partition coefficient (Wildman–Crippen LogP) is 1.49. The Morgan fingerprint density at radius 3 is 2.53 bits per heavy atom. The summed E-state index contributed by atoms with van der Waals surface area (Å²) in [6.45, 7) is 0.495. The second-order valence-corrected chi connectivity index (χ2v) is 4.30. The van der Waals surface area contributed by atoms with Crippen molar-refractivity contribution in [2.45, 2.75) is 13.0 Å². The minimum absolute atomic E-state index is 0.495. The maximum Gasteiger partial charge on any atom is 0.161 e. The summed E-state index contributed by atoms with van der Waals surface area (Å²) >= 11 is 0. The van der Waals surface area contributed by atoms with E-state index in [4.69, 9.17) is 15.2 Å². The number of hydrogen-bond acceptors (Lipinski definition) is 4. The molecule has 0 aliphatic heterocycles. The molecule has 5 heteroatoms. The molecule has 1 aromatic carbocycles. The van der Waals surface area contributed by atoms with Gasteiger partial charge in [-0.2, -0.15) is 0 Å². The number of ether oxygens (including phenoxy) is 2. The summed E-state index contributed by atoms with van der Waals surface area (Å²) in [5.41, 5.74) is 7.79. The smallest absolute Gasteiger partial charge is 0.161 e. The Hall–Kier alpha value is -2.01. The molecule has 0 fully saturated rings. The zero-order valence-corrected chi connectivity index (χ0v) is 11.5. The fourth-order valence-electron chi connectivity index (χ4n) is 2.02. The second kappa shape index (κ2) is 5.75. The van der Waals surface area contributed by atoms with Crippen molar-refractivity contribution in [2.24, 2.45) is 12.8 Å². The number of methoxy groups -OCH3 is 2. The Morgan fingerprint density at radius 1 is 1.21 bits per heavy atom. The molecule has 1 aromatic heterocycles. The number of imidazole rings is 1. The van der Waals surface area contributed by atoms with Gasteiger partial charge in [0.15, 0.2) is 11.5 Å². The molecular weight excluding hydrogens is 242 g/mol. The van der Waals surface area contributed by atoms with Gasteiger partial charge in [-0.3, -0.25) is 0 Å². The first kappa shape index (κ1) is 13.4. The molecule has 0 atom stereocenters. The molecule has 0 radical (unpaired) electrons. The van der Waals surface area contributed by atoms with Crippen LogP contribution < -0.4 is 15.2 Å². The monoisotopic (exact) mass is 261 g/mol. The molecule has 0 bridgehead atoms. The minimum atomic E-state index is 0.495. The summed E-state index contributed by atoms with van der Waals surface area (Å²) < 4.78 is 12.5. The number of nitrogens with two attached hydrogens (primary N) is 1. The van der Waals surface area contributed by atoms with Crippen LogP contribution in [0.5, 0.6) is 11.5 Å². The van der Waals surface area contributed by atoms with Crippen molar-refractivity contribution in [3.8, 4) is 11.5 Å². The highest BCUT2D eigenvalue weighted by Gasteiger charge is 2.09. The van der Waals surface area contributed by atoms with Gasteiger partial charge in [-0.1, -0.05) is 6.07 Å². The summed E-state index contributed by atoms with van der Waals surface area (Å²) in [5.74, 6) is 2.44. The van der Waals surface area contributed by atoms with Crippen LogP contribution in [0.2, 0.25) is 0 Å². The number of hydrogen-bond donors (Lipinski definition) is 1. The highest BCUT2D eigenvalue weighted by atomic mass is 16.5. The van der Waals surface area contributed by atoms with Crippen molar-refractivity contribution in [1.82, 2.24) is 9.55 Å². The average Bonchev–Trinajstić information content (AvgIpc) is 2.79. The van der Waals surface area contributed by atoms with Gasteiger partial charge in [0.2, 0.25) is 0 Å². The van der Waals surface area contributed by atoms with Gasteiger partial charge in [0.05, 0.1) is 19.9 Å². The lowest BCUT2D eigenvalue weighted by Gasteiger charge is -2.10. The van der Waals surface area contributed by atoms with Crippen LogP contribution in [0.3, 0.4) is 0 Å². The van der Waals surface area contributed by atoms with E-state index in [1.165, 1.54) is 0 Å². The quantitative estimate of drug-likeness (QED) is 0.885. The molecule has 2 rings (SSSR count). The number of nitrogens with zero attached hydrogens (tertiary/aromatic N) is 2. The van der Waals surface area contributed by atoms with Gasteiger partial charge in [-0.25, -0.2) is 4.98 Å².